The van der Waals surface area contributed by atoms with Gasteiger partial charge in [-0.15, -0.1) is 0 Å². The molecule has 0 aliphatic carbocycles. The number of hydrogen-bond donors (Lipinski definition) is 0. The van der Waals surface area contributed by atoms with E-state index in [1.54, 1.807) is 30.5 Å². The van der Waals surface area contributed by atoms with E-state index in [-0.39, 0.29) is 11.9 Å². The van der Waals surface area contributed by atoms with Crippen molar-refractivity contribution in [3.8, 4) is 6.07 Å². The average Bonchev–Trinajstić information content (AvgIpc) is 3.13. The summed E-state index contributed by atoms with van der Waals surface area (Å²) in [6.45, 7) is 1.74. The Morgan fingerprint density at radius 3 is 2.78 bits per heavy atom. The molecule has 0 atom stereocenters. The molecule has 0 radical (unpaired) electrons. The molecule has 3 rings (SSSR count). The van der Waals surface area contributed by atoms with Crippen LogP contribution < -0.4 is 0 Å². The summed E-state index contributed by atoms with van der Waals surface area (Å²) in [5.41, 5.74) is 1.02. The minimum Gasteiger partial charge on any atom is -0.467 e. The second kappa shape index (κ2) is 7.12. The quantitative estimate of drug-likeness (QED) is 0.870. The van der Waals surface area contributed by atoms with Gasteiger partial charge in [0.1, 0.15) is 5.76 Å². The van der Waals surface area contributed by atoms with Crippen LogP contribution in [0.25, 0.3) is 0 Å². The number of ether oxygens (including phenoxy) is 1. The monoisotopic (exact) mass is 310 g/mol. The molecule has 0 saturated carbocycles. The Morgan fingerprint density at radius 1 is 1.26 bits per heavy atom. The number of amides is 1. The molecule has 5 nitrogen and oxygen atoms in total. The first-order valence-corrected chi connectivity index (χ1v) is 7.69. The average molecular weight is 310 g/mol. The van der Waals surface area contributed by atoms with Crippen LogP contribution in [0.2, 0.25) is 0 Å². The van der Waals surface area contributed by atoms with Crippen molar-refractivity contribution in [2.45, 2.75) is 25.4 Å². The fraction of sp³-hybridized carbons (Fsp3) is 0.333. The van der Waals surface area contributed by atoms with Crippen LogP contribution in [0.15, 0.2) is 47.1 Å². The topological polar surface area (TPSA) is 66.5 Å². The molecular weight excluding hydrogens is 292 g/mol. The number of hydrogen-bond acceptors (Lipinski definition) is 4. The Balaban J connectivity index is 1.86. The highest BCUT2D eigenvalue weighted by atomic mass is 16.5. The van der Waals surface area contributed by atoms with Crippen LogP contribution in [-0.2, 0) is 11.3 Å². The molecule has 0 N–H and O–H groups in total. The van der Waals surface area contributed by atoms with Gasteiger partial charge in [0.15, 0.2) is 0 Å². The van der Waals surface area contributed by atoms with Gasteiger partial charge in [-0.25, -0.2) is 0 Å². The van der Waals surface area contributed by atoms with Crippen LogP contribution in [-0.4, -0.2) is 30.1 Å². The minimum absolute atomic E-state index is 0.0783. The molecule has 2 heterocycles. The summed E-state index contributed by atoms with van der Waals surface area (Å²) < 4.78 is 10.8. The van der Waals surface area contributed by atoms with Crippen molar-refractivity contribution < 1.29 is 13.9 Å². The molecule has 0 bridgehead atoms. The maximum atomic E-state index is 13.0. The van der Waals surface area contributed by atoms with Crippen LogP contribution >= 0.6 is 0 Å². The highest BCUT2D eigenvalue weighted by Gasteiger charge is 2.27. The number of nitrogens with zero attached hydrogens (tertiary/aromatic N) is 2. The lowest BCUT2D eigenvalue weighted by molar-refractivity contribution is 0.0250. The zero-order chi connectivity index (χ0) is 16.1. The zero-order valence-electron chi connectivity index (χ0n) is 12.8. The minimum atomic E-state index is -0.0783. The summed E-state index contributed by atoms with van der Waals surface area (Å²) in [6.07, 6.45) is 3.23. The lowest BCUT2D eigenvalue weighted by atomic mass is 10.0. The lowest BCUT2D eigenvalue weighted by Gasteiger charge is -2.34. The van der Waals surface area contributed by atoms with E-state index in [0.29, 0.717) is 30.9 Å². The van der Waals surface area contributed by atoms with E-state index in [2.05, 4.69) is 6.07 Å². The van der Waals surface area contributed by atoms with Gasteiger partial charge in [-0.1, -0.05) is 6.07 Å². The number of benzene rings is 1. The molecule has 118 valence electrons. The van der Waals surface area contributed by atoms with Crippen LogP contribution in [0.3, 0.4) is 0 Å². The summed E-state index contributed by atoms with van der Waals surface area (Å²) in [4.78, 5) is 14.8. The van der Waals surface area contributed by atoms with Gasteiger partial charge in [0.2, 0.25) is 0 Å². The Labute approximate surface area is 135 Å². The first-order valence-electron chi connectivity index (χ1n) is 7.69. The lowest BCUT2D eigenvalue weighted by Crippen LogP contribution is -2.42. The molecule has 0 unspecified atom stereocenters. The van der Waals surface area contributed by atoms with Crippen molar-refractivity contribution in [2.24, 2.45) is 0 Å². The van der Waals surface area contributed by atoms with Crippen molar-refractivity contribution >= 4 is 5.91 Å². The number of furan rings is 1. The van der Waals surface area contributed by atoms with Crippen LogP contribution in [0.1, 0.15) is 34.5 Å². The van der Waals surface area contributed by atoms with Crippen LogP contribution in [0, 0.1) is 11.3 Å². The normalized spacial score (nSPS) is 15.1. The van der Waals surface area contributed by atoms with Crippen molar-refractivity contribution in [2.75, 3.05) is 13.2 Å². The molecule has 23 heavy (non-hydrogen) atoms. The van der Waals surface area contributed by atoms with Gasteiger partial charge in [0.25, 0.3) is 5.91 Å². The van der Waals surface area contributed by atoms with Gasteiger partial charge in [0, 0.05) is 24.8 Å². The fourth-order valence-corrected chi connectivity index (χ4v) is 2.82. The summed E-state index contributed by atoms with van der Waals surface area (Å²) in [5, 5.41) is 9.03. The van der Waals surface area contributed by atoms with E-state index in [1.807, 2.05) is 17.0 Å². The Bertz CT molecular complexity index is 697. The number of carbonyl (C=O) groups is 1. The van der Waals surface area contributed by atoms with E-state index in [1.165, 1.54) is 0 Å². The summed E-state index contributed by atoms with van der Waals surface area (Å²) >= 11 is 0. The predicted octanol–water partition coefficient (Wildman–Crippen LogP) is 2.97. The predicted molar refractivity (Wildman–Crippen MR) is 83.6 cm³/mol. The van der Waals surface area contributed by atoms with Gasteiger partial charge < -0.3 is 14.1 Å². The molecule has 1 amide bonds. The molecule has 1 fully saturated rings. The zero-order valence-corrected chi connectivity index (χ0v) is 12.8. The van der Waals surface area contributed by atoms with E-state index >= 15 is 0 Å². The van der Waals surface area contributed by atoms with Gasteiger partial charge in [-0.2, -0.15) is 5.26 Å². The number of carbonyl (C=O) groups excluding carboxylic acids is 1. The van der Waals surface area contributed by atoms with E-state index < -0.39 is 0 Å². The molecular formula is C18H18N2O3. The third-order valence-electron chi connectivity index (χ3n) is 4.04. The highest BCUT2D eigenvalue weighted by molar-refractivity contribution is 5.94. The molecule has 1 aromatic carbocycles. The van der Waals surface area contributed by atoms with Gasteiger partial charge in [0.05, 0.1) is 24.4 Å². The Hall–Kier alpha value is -2.58. The molecule has 5 heteroatoms. The summed E-state index contributed by atoms with van der Waals surface area (Å²) in [7, 11) is 0. The van der Waals surface area contributed by atoms with Gasteiger partial charge in [-0.3, -0.25) is 4.79 Å². The van der Waals surface area contributed by atoms with E-state index in [0.717, 1.165) is 18.6 Å². The third kappa shape index (κ3) is 3.61. The fourth-order valence-electron chi connectivity index (χ4n) is 2.82. The maximum absolute atomic E-state index is 13.0. The molecule has 0 spiro atoms. The summed E-state index contributed by atoms with van der Waals surface area (Å²) in [6, 6.07) is 12.7. The molecule has 2 aromatic rings. The van der Waals surface area contributed by atoms with Crippen molar-refractivity contribution in [3.63, 3.8) is 0 Å². The molecule has 1 aliphatic rings. The van der Waals surface area contributed by atoms with Gasteiger partial charge >= 0.3 is 0 Å². The SMILES string of the molecule is N#Cc1cccc(C(=O)N(Cc2ccco2)C2CCOCC2)c1. The second-order valence-electron chi connectivity index (χ2n) is 5.55. The first kappa shape index (κ1) is 15.3. The number of rotatable bonds is 4. The first-order chi connectivity index (χ1) is 11.3. The standard InChI is InChI=1S/C18H18N2O3/c19-12-14-3-1-4-15(11-14)18(21)20(13-17-5-2-8-23-17)16-6-9-22-10-7-16/h1-5,8,11,16H,6-7,9-10,13H2. The molecule has 1 aliphatic heterocycles. The molecule has 1 aromatic heterocycles. The van der Waals surface area contributed by atoms with Crippen molar-refractivity contribution in [1.82, 2.24) is 4.90 Å². The second-order valence-corrected chi connectivity index (χ2v) is 5.55. The van der Waals surface area contributed by atoms with E-state index in [9.17, 15) is 4.79 Å². The summed E-state index contributed by atoms with van der Waals surface area (Å²) in [5.74, 6) is 0.673. The largest absolute Gasteiger partial charge is 0.467 e. The van der Waals surface area contributed by atoms with E-state index in [4.69, 9.17) is 14.4 Å². The van der Waals surface area contributed by atoms with Crippen molar-refractivity contribution in [1.29, 1.82) is 5.26 Å². The maximum Gasteiger partial charge on any atom is 0.254 e. The Morgan fingerprint density at radius 2 is 2.09 bits per heavy atom. The van der Waals surface area contributed by atoms with Crippen LogP contribution in [0.5, 0.6) is 0 Å². The Kier molecular flexibility index (Phi) is 4.74. The van der Waals surface area contributed by atoms with Crippen LogP contribution in [0.4, 0.5) is 0 Å². The van der Waals surface area contributed by atoms with Crippen molar-refractivity contribution in [3.05, 3.63) is 59.5 Å². The molecule has 1 saturated heterocycles. The highest BCUT2D eigenvalue weighted by Crippen LogP contribution is 2.21. The smallest absolute Gasteiger partial charge is 0.254 e. The van der Waals surface area contributed by atoms with Gasteiger partial charge in [-0.05, 0) is 43.2 Å². The third-order valence-corrected chi connectivity index (χ3v) is 4.04. The number of nitriles is 1.